The zero-order chi connectivity index (χ0) is 16.0. The smallest absolute Gasteiger partial charge is 0.0841 e. The highest BCUT2D eigenvalue weighted by molar-refractivity contribution is 7.84. The summed E-state index contributed by atoms with van der Waals surface area (Å²) in [5, 5.41) is 0. The highest BCUT2D eigenvalue weighted by atomic mass is 32.1. The second-order valence-electron chi connectivity index (χ2n) is 7.67. The van der Waals surface area contributed by atoms with Crippen LogP contribution in [0.4, 0.5) is 0 Å². The van der Waals surface area contributed by atoms with Crippen LogP contribution in [0.1, 0.15) is 52.8 Å². The van der Waals surface area contributed by atoms with Gasteiger partial charge in [0.1, 0.15) is 0 Å². The Balaban J connectivity index is 2.56. The van der Waals surface area contributed by atoms with Crippen molar-refractivity contribution < 1.29 is 0 Å². The van der Waals surface area contributed by atoms with E-state index in [-0.39, 0.29) is 4.37 Å². The van der Waals surface area contributed by atoms with E-state index in [1.54, 1.807) is 0 Å². The van der Waals surface area contributed by atoms with E-state index in [1.165, 1.54) is 11.3 Å². The second kappa shape index (κ2) is 5.66. The van der Waals surface area contributed by atoms with E-state index in [4.69, 9.17) is 12.6 Å². The van der Waals surface area contributed by atoms with E-state index >= 15 is 0 Å². The van der Waals surface area contributed by atoms with Crippen molar-refractivity contribution in [2.45, 2.75) is 69.0 Å². The Hall–Kier alpha value is -0.413. The molecule has 1 aliphatic rings. The summed E-state index contributed by atoms with van der Waals surface area (Å²) in [5.41, 5.74) is 5.01. The summed E-state index contributed by atoms with van der Waals surface area (Å²) in [6, 6.07) is 2.28. The number of hydrogen-bond donors (Lipinski definition) is 1. The summed E-state index contributed by atoms with van der Waals surface area (Å²) in [5.74, 6) is 0. The van der Waals surface area contributed by atoms with Crippen LogP contribution in [0.2, 0.25) is 16.6 Å². The first kappa shape index (κ1) is 16.9. The maximum absolute atomic E-state index is 5.35. The van der Waals surface area contributed by atoms with E-state index in [0.717, 1.165) is 23.0 Å². The van der Waals surface area contributed by atoms with Crippen molar-refractivity contribution in [1.82, 2.24) is 4.57 Å². The van der Waals surface area contributed by atoms with Crippen LogP contribution in [0.25, 0.3) is 6.08 Å². The van der Waals surface area contributed by atoms with Crippen molar-refractivity contribution in [3.8, 4) is 0 Å². The van der Waals surface area contributed by atoms with Crippen molar-refractivity contribution in [2.24, 2.45) is 7.05 Å². The highest BCUT2D eigenvalue weighted by Crippen LogP contribution is 2.54. The van der Waals surface area contributed by atoms with Crippen LogP contribution in [0.3, 0.4) is 0 Å². The number of rotatable bonds is 4. The summed E-state index contributed by atoms with van der Waals surface area (Å²) in [4.78, 5) is 0. The van der Waals surface area contributed by atoms with Crippen molar-refractivity contribution in [3.63, 3.8) is 0 Å². The lowest BCUT2D eigenvalue weighted by Crippen LogP contribution is -2.62. The van der Waals surface area contributed by atoms with Gasteiger partial charge in [-0.3, -0.25) is 0 Å². The summed E-state index contributed by atoms with van der Waals surface area (Å²) >= 11 is 5.35. The largest absolute Gasteiger partial charge is 0.351 e. The Labute approximate surface area is 137 Å². The first-order valence-corrected chi connectivity index (χ1v) is 10.9. The quantitative estimate of drug-likeness (QED) is 0.553. The second-order valence-corrected chi connectivity index (χ2v) is 15.1. The lowest BCUT2D eigenvalue weighted by molar-refractivity contribution is 0.726. The first-order chi connectivity index (χ1) is 9.66. The van der Waals surface area contributed by atoms with E-state index in [0.29, 0.717) is 0 Å². The lowest BCUT2D eigenvalue weighted by atomic mass is 10.0. The molecule has 1 heterocycles. The van der Waals surface area contributed by atoms with Gasteiger partial charge >= 0.3 is 0 Å². The minimum atomic E-state index is -1.64. The number of hydrogen-bond acceptors (Lipinski definition) is 1. The molecule has 0 N–H and O–H groups in total. The van der Waals surface area contributed by atoms with Gasteiger partial charge in [0.2, 0.25) is 0 Å². The number of aryl methyl sites for hydroxylation is 1. The molecule has 1 nitrogen and oxygen atoms in total. The Morgan fingerprint density at radius 3 is 2.10 bits per heavy atom. The summed E-state index contributed by atoms with van der Waals surface area (Å²) < 4.78 is 2.28. The molecule has 0 amide bonds. The van der Waals surface area contributed by atoms with Gasteiger partial charge in [0, 0.05) is 23.3 Å². The average Bonchev–Trinajstić information content (AvgIpc) is 2.68. The van der Waals surface area contributed by atoms with Crippen molar-refractivity contribution in [2.75, 3.05) is 0 Å². The van der Waals surface area contributed by atoms with Crippen LogP contribution in [0, 0.1) is 0 Å². The van der Waals surface area contributed by atoms with Gasteiger partial charge in [-0.2, -0.15) is 12.6 Å². The normalized spacial score (nSPS) is 22.4. The number of fused-ring (bicyclic) bond motifs is 1. The standard InChI is InChI=1S/C18H31NSSi/c1-13(2)21(14(3)4,15(5)6)18(20)10-8-17-16(12-18)9-11-19(17)7/h8-11,13-15,20H,12H2,1-7H3. The van der Waals surface area contributed by atoms with Crippen LogP contribution in [0.5, 0.6) is 0 Å². The van der Waals surface area contributed by atoms with Gasteiger partial charge < -0.3 is 4.57 Å². The Morgan fingerprint density at radius 1 is 1.10 bits per heavy atom. The monoisotopic (exact) mass is 321 g/mol. The van der Waals surface area contributed by atoms with Gasteiger partial charge in [-0.25, -0.2) is 0 Å². The van der Waals surface area contributed by atoms with Crippen molar-refractivity contribution in [1.29, 1.82) is 0 Å². The number of thiol groups is 1. The third-order valence-electron chi connectivity index (χ3n) is 5.80. The van der Waals surface area contributed by atoms with Crippen molar-refractivity contribution >= 4 is 26.8 Å². The van der Waals surface area contributed by atoms with Gasteiger partial charge in [0.25, 0.3) is 0 Å². The molecule has 1 aliphatic carbocycles. The molecule has 1 aromatic heterocycles. The third kappa shape index (κ3) is 2.37. The summed E-state index contributed by atoms with van der Waals surface area (Å²) in [7, 11) is 0.490. The molecule has 1 atom stereocenters. The fourth-order valence-electron chi connectivity index (χ4n) is 5.33. The predicted molar refractivity (Wildman–Crippen MR) is 101 cm³/mol. The number of nitrogens with zero attached hydrogens (tertiary/aromatic N) is 1. The molecule has 2 rings (SSSR count). The molecular formula is C18H31NSSi. The molecular weight excluding hydrogens is 290 g/mol. The zero-order valence-electron chi connectivity index (χ0n) is 14.6. The molecule has 1 unspecified atom stereocenters. The molecule has 21 heavy (non-hydrogen) atoms. The van der Waals surface area contributed by atoms with Crippen LogP contribution in [0.15, 0.2) is 18.3 Å². The van der Waals surface area contributed by atoms with Gasteiger partial charge in [-0.05, 0) is 40.8 Å². The highest BCUT2D eigenvalue weighted by Gasteiger charge is 2.56. The zero-order valence-corrected chi connectivity index (χ0v) is 16.5. The van der Waals surface area contributed by atoms with Crippen LogP contribution < -0.4 is 0 Å². The molecule has 0 bridgehead atoms. The Kier molecular flexibility index (Phi) is 4.57. The number of aromatic nitrogens is 1. The van der Waals surface area contributed by atoms with Gasteiger partial charge in [0.05, 0.1) is 8.07 Å². The first-order valence-electron chi connectivity index (χ1n) is 8.22. The van der Waals surface area contributed by atoms with E-state index in [1.807, 2.05) is 0 Å². The molecule has 0 spiro atoms. The SMILES string of the molecule is CC(C)[Si](C(C)C)(C(C)C)C1(S)C=Cc2c(ccn2C)C1. The Morgan fingerprint density at radius 2 is 1.62 bits per heavy atom. The molecule has 3 heteroatoms. The van der Waals surface area contributed by atoms with E-state index < -0.39 is 8.07 Å². The average molecular weight is 322 g/mol. The maximum atomic E-state index is 5.35. The van der Waals surface area contributed by atoms with Gasteiger partial charge in [0.15, 0.2) is 0 Å². The molecule has 0 radical (unpaired) electrons. The Bertz CT molecular complexity index is 520. The van der Waals surface area contributed by atoms with Crippen LogP contribution in [-0.2, 0) is 13.5 Å². The third-order valence-corrected chi connectivity index (χ3v) is 14.8. The summed E-state index contributed by atoms with van der Waals surface area (Å²) in [6.07, 6.45) is 8.02. The van der Waals surface area contributed by atoms with Gasteiger partial charge in [-0.1, -0.05) is 47.6 Å². The minimum Gasteiger partial charge on any atom is -0.351 e. The van der Waals surface area contributed by atoms with Crippen LogP contribution >= 0.6 is 12.6 Å². The fraction of sp³-hybridized carbons (Fsp3) is 0.667. The molecule has 0 fully saturated rings. The molecule has 1 aromatic rings. The van der Waals surface area contributed by atoms with Crippen molar-refractivity contribution in [3.05, 3.63) is 29.6 Å². The predicted octanol–water partition coefficient (Wildman–Crippen LogP) is 5.48. The molecule has 0 saturated heterocycles. The molecule has 0 saturated carbocycles. The summed E-state index contributed by atoms with van der Waals surface area (Å²) in [6.45, 7) is 14.6. The fourth-order valence-corrected chi connectivity index (χ4v) is 15.8. The van der Waals surface area contributed by atoms with E-state index in [9.17, 15) is 0 Å². The molecule has 118 valence electrons. The minimum absolute atomic E-state index is 0.0534. The lowest BCUT2D eigenvalue weighted by Gasteiger charge is -2.54. The maximum Gasteiger partial charge on any atom is 0.0841 e. The van der Waals surface area contributed by atoms with Crippen LogP contribution in [-0.4, -0.2) is 17.0 Å². The molecule has 0 aromatic carbocycles. The topological polar surface area (TPSA) is 4.93 Å². The van der Waals surface area contributed by atoms with Gasteiger partial charge in [-0.15, -0.1) is 0 Å². The van der Waals surface area contributed by atoms with E-state index in [2.05, 4.69) is 77.6 Å². The molecule has 0 aliphatic heterocycles.